The molecule has 26 heavy (non-hydrogen) atoms. The van der Waals surface area contributed by atoms with Crippen molar-refractivity contribution in [1.82, 2.24) is 10.2 Å². The molecule has 1 aromatic heterocycles. The SMILES string of the molecule is [C-]#[N+]c1cccc([C@]2(C)C3=C(CC(C)(C)CC3=O)Nc3n[nH]c(C)c32)c1. The van der Waals surface area contributed by atoms with Crippen molar-refractivity contribution < 1.29 is 4.79 Å². The van der Waals surface area contributed by atoms with Crippen molar-refractivity contribution in [3.05, 3.63) is 63.8 Å². The molecule has 0 bridgehead atoms. The summed E-state index contributed by atoms with van der Waals surface area (Å²) >= 11 is 0. The number of carbonyl (C=O) groups excluding carboxylic acids is 1. The molecular formula is C21H22N4O. The largest absolute Gasteiger partial charge is 0.342 e. The number of fused-ring (bicyclic) bond motifs is 1. The Hall–Kier alpha value is -2.87. The molecule has 0 saturated heterocycles. The van der Waals surface area contributed by atoms with Gasteiger partial charge in [-0.15, -0.1) is 0 Å². The molecule has 5 heteroatoms. The fourth-order valence-corrected chi connectivity index (χ4v) is 4.58. The van der Waals surface area contributed by atoms with E-state index in [9.17, 15) is 4.79 Å². The van der Waals surface area contributed by atoms with E-state index in [1.165, 1.54) is 0 Å². The van der Waals surface area contributed by atoms with Gasteiger partial charge in [0.2, 0.25) is 0 Å². The minimum atomic E-state index is -0.624. The number of nitrogens with zero attached hydrogens (tertiary/aromatic N) is 2. The molecule has 1 aliphatic carbocycles. The van der Waals surface area contributed by atoms with Crippen LogP contribution in [0.25, 0.3) is 4.85 Å². The molecule has 5 nitrogen and oxygen atoms in total. The van der Waals surface area contributed by atoms with Gasteiger partial charge in [0.15, 0.2) is 17.3 Å². The van der Waals surface area contributed by atoms with E-state index in [1.54, 1.807) is 6.07 Å². The van der Waals surface area contributed by atoms with Gasteiger partial charge in [0, 0.05) is 28.9 Å². The molecule has 0 saturated carbocycles. The second-order valence-corrected chi connectivity index (χ2v) is 8.28. The molecule has 2 aliphatic rings. The topological polar surface area (TPSA) is 62.1 Å². The number of hydrogen-bond acceptors (Lipinski definition) is 3. The Kier molecular flexibility index (Phi) is 3.39. The number of H-pyrrole nitrogens is 1. The highest BCUT2D eigenvalue weighted by atomic mass is 16.1. The lowest BCUT2D eigenvalue weighted by molar-refractivity contribution is -0.118. The predicted molar refractivity (Wildman–Crippen MR) is 101 cm³/mol. The van der Waals surface area contributed by atoms with Crippen molar-refractivity contribution in [1.29, 1.82) is 0 Å². The van der Waals surface area contributed by atoms with Gasteiger partial charge in [-0.2, -0.15) is 5.10 Å². The number of anilines is 1. The molecule has 2 aromatic rings. The van der Waals surface area contributed by atoms with Crippen LogP contribution in [0.15, 0.2) is 35.5 Å². The highest BCUT2D eigenvalue weighted by molar-refractivity contribution is 6.03. The van der Waals surface area contributed by atoms with Crippen LogP contribution in [-0.2, 0) is 10.2 Å². The Bertz CT molecular complexity index is 1010. The minimum Gasteiger partial charge on any atom is -0.342 e. The molecule has 0 spiro atoms. The van der Waals surface area contributed by atoms with Gasteiger partial charge in [-0.25, -0.2) is 4.85 Å². The summed E-state index contributed by atoms with van der Waals surface area (Å²) in [6, 6.07) is 7.59. The lowest BCUT2D eigenvalue weighted by Crippen LogP contribution is -2.42. The average molecular weight is 346 g/mol. The van der Waals surface area contributed by atoms with Crippen molar-refractivity contribution in [3.63, 3.8) is 0 Å². The summed E-state index contributed by atoms with van der Waals surface area (Å²) in [6.07, 6.45) is 1.33. The monoisotopic (exact) mass is 346 g/mol. The van der Waals surface area contributed by atoms with Crippen molar-refractivity contribution in [2.75, 3.05) is 5.32 Å². The zero-order chi connectivity index (χ0) is 18.7. The third-order valence-corrected chi connectivity index (χ3v) is 5.64. The Morgan fingerprint density at radius 3 is 2.73 bits per heavy atom. The molecule has 132 valence electrons. The van der Waals surface area contributed by atoms with Crippen LogP contribution in [0.4, 0.5) is 11.5 Å². The van der Waals surface area contributed by atoms with Gasteiger partial charge >= 0.3 is 0 Å². The number of benzene rings is 1. The summed E-state index contributed by atoms with van der Waals surface area (Å²) in [5, 5.41) is 10.9. The number of allylic oxidation sites excluding steroid dienone is 2. The highest BCUT2D eigenvalue weighted by Gasteiger charge is 2.49. The molecule has 1 aromatic carbocycles. The Morgan fingerprint density at radius 1 is 1.23 bits per heavy atom. The van der Waals surface area contributed by atoms with Gasteiger partial charge in [0.05, 0.1) is 12.0 Å². The Labute approximate surface area is 153 Å². The van der Waals surface area contributed by atoms with Gasteiger partial charge in [-0.05, 0) is 31.2 Å². The van der Waals surface area contributed by atoms with Crippen LogP contribution < -0.4 is 5.32 Å². The van der Waals surface area contributed by atoms with Crippen LogP contribution in [0.5, 0.6) is 0 Å². The molecule has 0 amide bonds. The maximum atomic E-state index is 13.2. The van der Waals surface area contributed by atoms with Gasteiger partial charge in [-0.1, -0.05) is 38.1 Å². The van der Waals surface area contributed by atoms with E-state index in [0.717, 1.165) is 40.3 Å². The molecule has 0 fully saturated rings. The molecule has 1 aliphatic heterocycles. The average Bonchev–Trinajstić information content (AvgIpc) is 2.94. The van der Waals surface area contributed by atoms with Crippen molar-refractivity contribution in [2.45, 2.75) is 46.0 Å². The van der Waals surface area contributed by atoms with Crippen LogP contribution in [0.1, 0.15) is 50.4 Å². The van der Waals surface area contributed by atoms with E-state index >= 15 is 0 Å². The van der Waals surface area contributed by atoms with Gasteiger partial charge < -0.3 is 5.32 Å². The van der Waals surface area contributed by atoms with Crippen LogP contribution in [0.2, 0.25) is 0 Å². The highest BCUT2D eigenvalue weighted by Crippen LogP contribution is 2.53. The van der Waals surface area contributed by atoms with E-state index in [2.05, 4.69) is 41.1 Å². The fraction of sp³-hybridized carbons (Fsp3) is 0.381. The van der Waals surface area contributed by atoms with E-state index in [1.807, 2.05) is 25.1 Å². The number of hydrogen-bond donors (Lipinski definition) is 2. The maximum Gasteiger partial charge on any atom is 0.187 e. The first-order valence-corrected chi connectivity index (χ1v) is 8.83. The van der Waals surface area contributed by atoms with Gasteiger partial charge in [0.1, 0.15) is 0 Å². The Balaban J connectivity index is 2.03. The van der Waals surface area contributed by atoms with Crippen molar-refractivity contribution in [2.24, 2.45) is 5.41 Å². The predicted octanol–water partition coefficient (Wildman–Crippen LogP) is 4.64. The number of aryl methyl sites for hydroxylation is 1. The van der Waals surface area contributed by atoms with Gasteiger partial charge in [0.25, 0.3) is 0 Å². The first kappa shape index (κ1) is 16.6. The van der Waals surface area contributed by atoms with Crippen molar-refractivity contribution >= 4 is 17.3 Å². The third kappa shape index (κ3) is 2.22. The molecule has 2 heterocycles. The first-order chi connectivity index (χ1) is 12.3. The zero-order valence-electron chi connectivity index (χ0n) is 15.5. The smallest absolute Gasteiger partial charge is 0.187 e. The summed E-state index contributed by atoms with van der Waals surface area (Å²) in [5.74, 6) is 0.952. The number of aromatic nitrogens is 2. The lowest BCUT2D eigenvalue weighted by atomic mass is 9.61. The van der Waals surface area contributed by atoms with E-state index in [0.29, 0.717) is 12.1 Å². The quantitative estimate of drug-likeness (QED) is 0.739. The van der Waals surface area contributed by atoms with Crippen LogP contribution in [0, 0.1) is 18.9 Å². The summed E-state index contributed by atoms with van der Waals surface area (Å²) < 4.78 is 0. The maximum absolute atomic E-state index is 13.2. The normalized spacial score (nSPS) is 23.7. The summed E-state index contributed by atoms with van der Waals surface area (Å²) in [7, 11) is 0. The molecule has 0 unspecified atom stereocenters. The number of nitrogens with one attached hydrogen (secondary N) is 2. The van der Waals surface area contributed by atoms with Crippen molar-refractivity contribution in [3.8, 4) is 0 Å². The number of Topliss-reactive ketones (excluding diaryl/α,β-unsaturated/α-hetero) is 1. The minimum absolute atomic E-state index is 0.0783. The standard InChI is InChI=1S/C21H22N4O/c1-12-17-19(25-24-12)23-15-10-20(2,3)11-16(26)18(15)21(17,4)13-7-6-8-14(9-13)22-5/h6-9H,10-11H2,1-4H3,(H2,23,24,25)/t21-/m0/s1. The molecule has 1 atom stereocenters. The lowest BCUT2D eigenvalue weighted by Gasteiger charge is -2.43. The Morgan fingerprint density at radius 2 is 2.00 bits per heavy atom. The van der Waals surface area contributed by atoms with Crippen LogP contribution >= 0.6 is 0 Å². The van der Waals surface area contributed by atoms with Crippen LogP contribution in [0.3, 0.4) is 0 Å². The van der Waals surface area contributed by atoms with E-state index < -0.39 is 5.41 Å². The summed E-state index contributed by atoms with van der Waals surface area (Å²) in [5.41, 5.74) is 4.54. The van der Waals surface area contributed by atoms with Gasteiger partial charge in [-0.3, -0.25) is 9.89 Å². The summed E-state index contributed by atoms with van der Waals surface area (Å²) in [6.45, 7) is 15.7. The van der Waals surface area contributed by atoms with E-state index in [4.69, 9.17) is 6.57 Å². The molecule has 2 N–H and O–H groups in total. The number of aromatic amines is 1. The number of carbonyl (C=O) groups is 1. The number of ketones is 1. The summed E-state index contributed by atoms with van der Waals surface area (Å²) in [4.78, 5) is 16.8. The second-order valence-electron chi connectivity index (χ2n) is 8.28. The fourth-order valence-electron chi connectivity index (χ4n) is 4.58. The second kappa shape index (κ2) is 5.31. The first-order valence-electron chi connectivity index (χ1n) is 8.83. The molecule has 0 radical (unpaired) electrons. The molecule has 4 rings (SSSR count). The zero-order valence-corrected chi connectivity index (χ0v) is 15.5. The molecular weight excluding hydrogens is 324 g/mol. The number of rotatable bonds is 1. The third-order valence-electron chi connectivity index (χ3n) is 5.64. The van der Waals surface area contributed by atoms with E-state index in [-0.39, 0.29) is 11.2 Å². The van der Waals surface area contributed by atoms with Crippen LogP contribution in [-0.4, -0.2) is 16.0 Å².